The summed E-state index contributed by atoms with van der Waals surface area (Å²) in [6, 6.07) is 0. The molecular weight excluding hydrogens is 126 g/mol. The highest BCUT2D eigenvalue weighted by Gasteiger charge is 2.23. The zero-order chi connectivity index (χ0) is 6.91. The van der Waals surface area contributed by atoms with Gasteiger partial charge in [0.15, 0.2) is 0 Å². The van der Waals surface area contributed by atoms with Crippen LogP contribution >= 0.6 is 0 Å². The summed E-state index contributed by atoms with van der Waals surface area (Å²) in [7, 11) is 0. The molecule has 0 amide bonds. The van der Waals surface area contributed by atoms with Gasteiger partial charge in [-0.15, -0.1) is 0 Å². The average Bonchev–Trinajstić information content (AvgIpc) is 1.78. The minimum absolute atomic E-state index is 0.678. The molecule has 9 heavy (non-hydrogen) atoms. The molecule has 0 saturated heterocycles. The lowest BCUT2D eigenvalue weighted by atomic mass is 10.1. The molecule has 0 fully saturated rings. The van der Waals surface area contributed by atoms with Crippen LogP contribution in [0, 0.1) is 0 Å². The van der Waals surface area contributed by atoms with Gasteiger partial charge in [0.2, 0.25) is 0 Å². The number of aliphatic hydroxyl groups is 1. The normalized spacial score (nSPS) is 24.8. The van der Waals surface area contributed by atoms with Crippen molar-refractivity contribution >= 4 is 0 Å². The third-order valence-electron chi connectivity index (χ3n) is 1.03. The smallest absolute Gasteiger partial charge is 0.285 e. The standard InChI is InChI=1S/C6H6F2O/c7-6(8)3-1-5(9)2-4-6/h1-5,9H. The number of allylic oxidation sites excluding steroid dienone is 2. The van der Waals surface area contributed by atoms with E-state index in [4.69, 9.17) is 5.11 Å². The fraction of sp³-hybridized carbons (Fsp3) is 0.333. The summed E-state index contributed by atoms with van der Waals surface area (Å²) in [5.41, 5.74) is 0. The van der Waals surface area contributed by atoms with Gasteiger partial charge in [0, 0.05) is 0 Å². The van der Waals surface area contributed by atoms with Crippen molar-refractivity contribution in [1.82, 2.24) is 0 Å². The molecule has 0 aromatic carbocycles. The maximum atomic E-state index is 12.1. The first-order chi connectivity index (χ1) is 4.10. The van der Waals surface area contributed by atoms with Crippen LogP contribution in [0.3, 0.4) is 0 Å². The topological polar surface area (TPSA) is 20.2 Å². The van der Waals surface area contributed by atoms with Crippen LogP contribution in [-0.4, -0.2) is 17.1 Å². The Kier molecular flexibility index (Phi) is 1.37. The first kappa shape index (κ1) is 6.42. The van der Waals surface area contributed by atoms with E-state index in [0.29, 0.717) is 12.2 Å². The van der Waals surface area contributed by atoms with E-state index in [9.17, 15) is 8.78 Å². The maximum Gasteiger partial charge on any atom is 0.285 e. The Labute approximate surface area is 51.3 Å². The second kappa shape index (κ2) is 1.92. The molecule has 1 N–H and O–H groups in total. The maximum absolute atomic E-state index is 12.1. The Balaban J connectivity index is 2.70. The van der Waals surface area contributed by atoms with E-state index >= 15 is 0 Å². The Hall–Kier alpha value is -0.700. The summed E-state index contributed by atoms with van der Waals surface area (Å²) < 4.78 is 24.2. The highest BCUT2D eigenvalue weighted by molar-refractivity contribution is 5.19. The van der Waals surface area contributed by atoms with Gasteiger partial charge < -0.3 is 5.11 Å². The molecule has 1 nitrogen and oxygen atoms in total. The van der Waals surface area contributed by atoms with Crippen molar-refractivity contribution in [1.29, 1.82) is 0 Å². The fourth-order valence-corrected chi connectivity index (χ4v) is 0.573. The highest BCUT2D eigenvalue weighted by atomic mass is 19.3. The van der Waals surface area contributed by atoms with Crippen molar-refractivity contribution in [2.24, 2.45) is 0 Å². The SMILES string of the molecule is OC1C=CC(F)(F)C=C1. The van der Waals surface area contributed by atoms with E-state index < -0.39 is 12.0 Å². The summed E-state index contributed by atoms with van der Waals surface area (Å²) in [6.07, 6.45) is 2.62. The quantitative estimate of drug-likeness (QED) is 0.489. The molecule has 0 aromatic heterocycles. The molecule has 0 aliphatic heterocycles. The van der Waals surface area contributed by atoms with Crippen LogP contribution in [0.4, 0.5) is 8.78 Å². The van der Waals surface area contributed by atoms with Gasteiger partial charge in [-0.25, -0.2) is 0 Å². The lowest BCUT2D eigenvalue weighted by Crippen LogP contribution is -2.14. The van der Waals surface area contributed by atoms with Gasteiger partial charge in [0.25, 0.3) is 5.92 Å². The molecule has 3 heteroatoms. The molecule has 1 rings (SSSR count). The number of hydrogen-bond acceptors (Lipinski definition) is 1. The zero-order valence-electron chi connectivity index (χ0n) is 4.59. The fourth-order valence-electron chi connectivity index (χ4n) is 0.573. The molecule has 0 atom stereocenters. The van der Waals surface area contributed by atoms with E-state index in [1.807, 2.05) is 0 Å². The zero-order valence-corrected chi connectivity index (χ0v) is 4.59. The highest BCUT2D eigenvalue weighted by Crippen LogP contribution is 2.20. The number of halogens is 2. The van der Waals surface area contributed by atoms with Gasteiger partial charge in [0.1, 0.15) is 0 Å². The average molecular weight is 132 g/mol. The van der Waals surface area contributed by atoms with Gasteiger partial charge in [0.05, 0.1) is 6.10 Å². The van der Waals surface area contributed by atoms with Crippen LogP contribution in [0.5, 0.6) is 0 Å². The van der Waals surface area contributed by atoms with Crippen molar-refractivity contribution in [2.45, 2.75) is 12.0 Å². The lowest BCUT2D eigenvalue weighted by molar-refractivity contribution is 0.104. The molecule has 50 valence electrons. The van der Waals surface area contributed by atoms with Gasteiger partial charge in [-0.1, -0.05) is 12.2 Å². The monoisotopic (exact) mass is 132 g/mol. The first-order valence-corrected chi connectivity index (χ1v) is 2.55. The summed E-state index contributed by atoms with van der Waals surface area (Å²) in [6.45, 7) is 0. The molecule has 0 unspecified atom stereocenters. The first-order valence-electron chi connectivity index (χ1n) is 2.55. The lowest BCUT2D eigenvalue weighted by Gasteiger charge is -2.11. The Morgan fingerprint density at radius 3 is 2.00 bits per heavy atom. The van der Waals surface area contributed by atoms with Crippen LogP contribution in [0.2, 0.25) is 0 Å². The molecule has 0 radical (unpaired) electrons. The van der Waals surface area contributed by atoms with E-state index in [0.717, 1.165) is 12.2 Å². The Bertz CT molecular complexity index is 144. The predicted octanol–water partition coefficient (Wildman–Crippen LogP) is 1.11. The van der Waals surface area contributed by atoms with Crippen LogP contribution in [0.15, 0.2) is 24.3 Å². The molecule has 0 heterocycles. The summed E-state index contributed by atoms with van der Waals surface area (Å²) in [5.74, 6) is -2.86. The van der Waals surface area contributed by atoms with Gasteiger partial charge in [-0.05, 0) is 12.2 Å². The van der Waals surface area contributed by atoms with E-state index in [1.165, 1.54) is 0 Å². The largest absolute Gasteiger partial charge is 0.385 e. The van der Waals surface area contributed by atoms with Gasteiger partial charge in [-0.2, -0.15) is 8.78 Å². The minimum Gasteiger partial charge on any atom is -0.385 e. The van der Waals surface area contributed by atoms with Gasteiger partial charge >= 0.3 is 0 Å². The van der Waals surface area contributed by atoms with Crippen molar-refractivity contribution < 1.29 is 13.9 Å². The number of hydrogen-bond donors (Lipinski definition) is 1. The molecule has 1 aliphatic rings. The predicted molar refractivity (Wildman–Crippen MR) is 29.2 cm³/mol. The second-order valence-electron chi connectivity index (χ2n) is 1.88. The van der Waals surface area contributed by atoms with Crippen LogP contribution in [0.1, 0.15) is 0 Å². The second-order valence-corrected chi connectivity index (χ2v) is 1.88. The molecule has 0 bridgehead atoms. The third-order valence-corrected chi connectivity index (χ3v) is 1.03. The van der Waals surface area contributed by atoms with E-state index in [1.54, 1.807) is 0 Å². The molecular formula is C6H6F2O. The summed E-state index contributed by atoms with van der Waals surface area (Å²) >= 11 is 0. The van der Waals surface area contributed by atoms with Crippen molar-refractivity contribution in [3.8, 4) is 0 Å². The summed E-state index contributed by atoms with van der Waals surface area (Å²) in [5, 5.41) is 8.63. The van der Waals surface area contributed by atoms with Crippen LogP contribution in [0.25, 0.3) is 0 Å². The van der Waals surface area contributed by atoms with Gasteiger partial charge in [-0.3, -0.25) is 0 Å². The Morgan fingerprint density at radius 2 is 1.67 bits per heavy atom. The minimum atomic E-state index is -2.86. The van der Waals surface area contributed by atoms with Crippen molar-refractivity contribution in [2.75, 3.05) is 0 Å². The molecule has 0 saturated carbocycles. The molecule has 0 aromatic rings. The van der Waals surface area contributed by atoms with E-state index in [2.05, 4.69) is 0 Å². The van der Waals surface area contributed by atoms with Crippen LogP contribution < -0.4 is 0 Å². The van der Waals surface area contributed by atoms with Crippen molar-refractivity contribution in [3.63, 3.8) is 0 Å². The number of rotatable bonds is 0. The molecule has 0 spiro atoms. The van der Waals surface area contributed by atoms with Crippen LogP contribution in [-0.2, 0) is 0 Å². The number of alkyl halides is 2. The number of aliphatic hydroxyl groups excluding tert-OH is 1. The Morgan fingerprint density at radius 1 is 1.22 bits per heavy atom. The third kappa shape index (κ3) is 1.61. The van der Waals surface area contributed by atoms with Crippen molar-refractivity contribution in [3.05, 3.63) is 24.3 Å². The summed E-state index contributed by atoms with van der Waals surface area (Å²) in [4.78, 5) is 0. The molecule has 1 aliphatic carbocycles. The van der Waals surface area contributed by atoms with E-state index in [-0.39, 0.29) is 0 Å².